The fourth-order valence-electron chi connectivity index (χ4n) is 3.66. The molecule has 170 valence electrons. The van der Waals surface area contributed by atoms with Gasteiger partial charge in [0.2, 0.25) is 0 Å². The second kappa shape index (κ2) is 16.9. The summed E-state index contributed by atoms with van der Waals surface area (Å²) in [5, 5.41) is 12.7. The number of unbranched alkanes of at least 4 members (excludes halogenated alkanes) is 9. The lowest BCUT2D eigenvalue weighted by molar-refractivity contribution is -0.147. The van der Waals surface area contributed by atoms with E-state index in [9.17, 15) is 14.7 Å². The highest BCUT2D eigenvalue weighted by molar-refractivity contribution is 5.78. The number of rotatable bonds is 18. The van der Waals surface area contributed by atoms with Gasteiger partial charge < -0.3 is 9.84 Å². The molecule has 0 aliphatic carbocycles. The number of aliphatic carboxylic acids is 1. The number of carboxylic acids is 1. The number of carboxylic acid groups (broad SMARTS) is 1. The van der Waals surface area contributed by atoms with Crippen molar-refractivity contribution in [2.45, 2.75) is 103 Å². The van der Waals surface area contributed by atoms with E-state index >= 15 is 0 Å². The fourth-order valence-corrected chi connectivity index (χ4v) is 3.66. The maximum atomic E-state index is 12.4. The molecule has 5 heteroatoms. The van der Waals surface area contributed by atoms with Crippen molar-refractivity contribution in [1.29, 1.82) is 0 Å². The van der Waals surface area contributed by atoms with E-state index in [1.54, 1.807) is 6.92 Å². The number of carbonyl (C=O) groups is 2. The van der Waals surface area contributed by atoms with Crippen molar-refractivity contribution in [1.82, 2.24) is 5.32 Å². The highest BCUT2D eigenvalue weighted by Crippen LogP contribution is 2.13. The molecule has 0 saturated carbocycles. The normalized spacial score (nSPS) is 13.0. The summed E-state index contributed by atoms with van der Waals surface area (Å²) in [6, 6.07) is 8.09. The van der Waals surface area contributed by atoms with E-state index in [4.69, 9.17) is 4.74 Å². The van der Waals surface area contributed by atoms with Crippen LogP contribution in [0.15, 0.2) is 30.3 Å². The fraction of sp³-hybridized carbons (Fsp3) is 0.680. The average Bonchev–Trinajstić information content (AvgIpc) is 2.74. The summed E-state index contributed by atoms with van der Waals surface area (Å²) < 4.78 is 5.18. The zero-order chi connectivity index (χ0) is 22.0. The van der Waals surface area contributed by atoms with E-state index < -0.39 is 18.1 Å². The predicted molar refractivity (Wildman–Crippen MR) is 122 cm³/mol. The van der Waals surface area contributed by atoms with E-state index in [1.807, 2.05) is 30.3 Å². The summed E-state index contributed by atoms with van der Waals surface area (Å²) >= 11 is 0. The Kier molecular flexibility index (Phi) is 14.7. The van der Waals surface area contributed by atoms with Crippen LogP contribution in [0.1, 0.15) is 90.0 Å². The summed E-state index contributed by atoms with van der Waals surface area (Å²) in [5.41, 5.74) is 0.930. The van der Waals surface area contributed by atoms with E-state index in [2.05, 4.69) is 12.2 Å². The maximum Gasteiger partial charge on any atom is 0.323 e. The molecule has 0 amide bonds. The van der Waals surface area contributed by atoms with Crippen molar-refractivity contribution >= 4 is 11.9 Å². The molecule has 0 aliphatic heterocycles. The van der Waals surface area contributed by atoms with Crippen LogP contribution in [0.5, 0.6) is 0 Å². The minimum absolute atomic E-state index is 0.297. The number of esters is 1. The Balaban J connectivity index is 2.42. The van der Waals surface area contributed by atoms with Crippen LogP contribution in [-0.2, 0) is 20.7 Å². The number of nitrogens with one attached hydrogen (secondary N) is 1. The molecule has 0 saturated heterocycles. The van der Waals surface area contributed by atoms with Gasteiger partial charge >= 0.3 is 11.9 Å². The average molecular weight is 420 g/mol. The van der Waals surface area contributed by atoms with Crippen LogP contribution >= 0.6 is 0 Å². The summed E-state index contributed by atoms with van der Waals surface area (Å²) in [7, 11) is 0. The number of ether oxygens (including phenoxy) is 1. The molecule has 2 N–H and O–H groups in total. The Morgan fingerprint density at radius 2 is 1.43 bits per heavy atom. The lowest BCUT2D eigenvalue weighted by Crippen LogP contribution is -2.48. The van der Waals surface area contributed by atoms with Gasteiger partial charge in [-0.1, -0.05) is 101 Å². The summed E-state index contributed by atoms with van der Waals surface area (Å²) in [6.07, 6.45) is 13.2. The zero-order valence-electron chi connectivity index (χ0n) is 18.9. The van der Waals surface area contributed by atoms with Crippen LogP contribution in [0.3, 0.4) is 0 Å². The third-order valence-corrected chi connectivity index (χ3v) is 5.40. The summed E-state index contributed by atoms with van der Waals surface area (Å²) in [6.45, 7) is 4.30. The molecule has 0 aromatic heterocycles. The molecule has 1 aromatic carbocycles. The molecule has 5 nitrogen and oxygen atoms in total. The highest BCUT2D eigenvalue weighted by Gasteiger charge is 2.27. The van der Waals surface area contributed by atoms with Crippen molar-refractivity contribution in [3.05, 3.63) is 35.9 Å². The van der Waals surface area contributed by atoms with Gasteiger partial charge in [-0.25, -0.2) is 0 Å². The third kappa shape index (κ3) is 12.0. The molecule has 30 heavy (non-hydrogen) atoms. The van der Waals surface area contributed by atoms with Gasteiger partial charge in [0.1, 0.15) is 12.1 Å². The molecular formula is C25H41NO4. The molecule has 0 radical (unpaired) electrons. The van der Waals surface area contributed by atoms with Gasteiger partial charge in [0.15, 0.2) is 0 Å². The van der Waals surface area contributed by atoms with Crippen LogP contribution in [0.2, 0.25) is 0 Å². The summed E-state index contributed by atoms with van der Waals surface area (Å²) in [5.74, 6) is -1.30. The maximum absolute atomic E-state index is 12.4. The van der Waals surface area contributed by atoms with Gasteiger partial charge in [0, 0.05) is 0 Å². The minimum atomic E-state index is -0.948. The Labute approximate surface area is 182 Å². The van der Waals surface area contributed by atoms with Crippen LogP contribution < -0.4 is 5.32 Å². The first-order chi connectivity index (χ1) is 14.6. The number of hydrogen-bond donors (Lipinski definition) is 2. The molecule has 2 atom stereocenters. The number of carbonyl (C=O) groups excluding carboxylic acids is 1. The standard InChI is InChI=1S/C25H41NO4/c1-3-5-6-7-8-9-10-11-12-16-19-22(25(29)30-4-2)26-23(24(27)28)20-21-17-14-13-15-18-21/h13-15,17-18,22-23,26H,3-12,16,19-20H2,1-2H3,(H,27,28)/t22?,23-/m0/s1. The SMILES string of the molecule is CCCCCCCCCCCCC(N[C@@H](Cc1ccccc1)C(=O)O)C(=O)OCC. The smallest absolute Gasteiger partial charge is 0.323 e. The van der Waals surface area contributed by atoms with E-state index in [0.717, 1.165) is 24.8 Å². The molecule has 0 bridgehead atoms. The topological polar surface area (TPSA) is 75.6 Å². The van der Waals surface area contributed by atoms with Crippen molar-refractivity contribution in [2.24, 2.45) is 0 Å². The molecule has 0 heterocycles. The van der Waals surface area contributed by atoms with Crippen LogP contribution in [0.4, 0.5) is 0 Å². The third-order valence-electron chi connectivity index (χ3n) is 5.40. The molecule has 0 aliphatic rings. The van der Waals surface area contributed by atoms with Gasteiger partial charge in [-0.15, -0.1) is 0 Å². The predicted octanol–water partition coefficient (Wildman–Crippen LogP) is 5.51. The Morgan fingerprint density at radius 3 is 1.97 bits per heavy atom. The van der Waals surface area contributed by atoms with Gasteiger partial charge in [0.25, 0.3) is 0 Å². The largest absolute Gasteiger partial charge is 0.480 e. The van der Waals surface area contributed by atoms with Gasteiger partial charge in [-0.2, -0.15) is 0 Å². The Bertz CT molecular complexity index is 576. The first kappa shape index (κ1) is 26.2. The minimum Gasteiger partial charge on any atom is -0.480 e. The second-order valence-electron chi connectivity index (χ2n) is 8.02. The second-order valence-corrected chi connectivity index (χ2v) is 8.02. The number of benzene rings is 1. The monoisotopic (exact) mass is 419 g/mol. The van der Waals surface area contributed by atoms with Gasteiger partial charge in [-0.05, 0) is 25.3 Å². The molecule has 0 spiro atoms. The van der Waals surface area contributed by atoms with Crippen LogP contribution in [0, 0.1) is 0 Å². The molecule has 1 aromatic rings. The Morgan fingerprint density at radius 1 is 0.867 bits per heavy atom. The first-order valence-electron chi connectivity index (χ1n) is 11.8. The summed E-state index contributed by atoms with van der Waals surface area (Å²) in [4.78, 5) is 24.1. The van der Waals surface area contributed by atoms with E-state index in [0.29, 0.717) is 19.4 Å². The molecule has 1 unspecified atom stereocenters. The lowest BCUT2D eigenvalue weighted by atomic mass is 10.0. The number of hydrogen-bond acceptors (Lipinski definition) is 4. The Hall–Kier alpha value is -1.88. The van der Waals surface area contributed by atoms with Crippen molar-refractivity contribution < 1.29 is 19.4 Å². The lowest BCUT2D eigenvalue weighted by Gasteiger charge is -2.22. The van der Waals surface area contributed by atoms with Gasteiger partial charge in [-0.3, -0.25) is 14.9 Å². The first-order valence-corrected chi connectivity index (χ1v) is 11.8. The molecule has 1 rings (SSSR count). The zero-order valence-corrected chi connectivity index (χ0v) is 18.9. The van der Waals surface area contributed by atoms with Crippen molar-refractivity contribution in [3.63, 3.8) is 0 Å². The highest BCUT2D eigenvalue weighted by atomic mass is 16.5. The van der Waals surface area contributed by atoms with Crippen molar-refractivity contribution in [2.75, 3.05) is 6.61 Å². The van der Waals surface area contributed by atoms with Crippen molar-refractivity contribution in [3.8, 4) is 0 Å². The molecular weight excluding hydrogens is 378 g/mol. The van der Waals surface area contributed by atoms with E-state index in [-0.39, 0.29) is 5.97 Å². The quantitative estimate of drug-likeness (QED) is 0.242. The molecule has 0 fully saturated rings. The van der Waals surface area contributed by atoms with Gasteiger partial charge in [0.05, 0.1) is 6.61 Å². The van der Waals surface area contributed by atoms with Crippen LogP contribution in [-0.4, -0.2) is 35.7 Å². The van der Waals surface area contributed by atoms with E-state index in [1.165, 1.54) is 44.9 Å². The van der Waals surface area contributed by atoms with Crippen LogP contribution in [0.25, 0.3) is 0 Å².